The molecule has 0 spiro atoms. The smallest absolute Gasteiger partial charge is 0.126 e. The molecule has 2 aromatic heterocycles. The third kappa shape index (κ3) is 2.77. The van der Waals surface area contributed by atoms with Crippen LogP contribution in [0.4, 0.5) is 0 Å². The van der Waals surface area contributed by atoms with E-state index in [1.165, 1.54) is 0 Å². The van der Waals surface area contributed by atoms with Crippen LogP contribution < -0.4 is 0 Å². The number of aromatic nitrogens is 3. The molecule has 100 valence electrons. The lowest BCUT2D eigenvalue weighted by atomic mass is 10.1. The van der Waals surface area contributed by atoms with Crippen LogP contribution in [0.3, 0.4) is 0 Å². The molecule has 3 rings (SSSR count). The highest BCUT2D eigenvalue weighted by Crippen LogP contribution is 2.23. The number of hydrogen-bond acceptors (Lipinski definition) is 4. The standard InChI is InChI=1S/C17H12N4/c1-12-20-16(14-4-2-13(11-18)3-5-14)10-17(21-12)15-6-8-19-9-7-15/h2-10H,1H3. The zero-order valence-corrected chi connectivity index (χ0v) is 11.5. The van der Waals surface area contributed by atoms with Crippen molar-refractivity contribution in [2.24, 2.45) is 0 Å². The van der Waals surface area contributed by atoms with Crippen molar-refractivity contribution in [2.45, 2.75) is 6.92 Å². The summed E-state index contributed by atoms with van der Waals surface area (Å²) in [7, 11) is 0. The van der Waals surface area contributed by atoms with Crippen LogP contribution in [-0.4, -0.2) is 15.0 Å². The Morgan fingerprint density at radius 3 is 2.00 bits per heavy atom. The molecular weight excluding hydrogens is 260 g/mol. The maximum Gasteiger partial charge on any atom is 0.126 e. The summed E-state index contributed by atoms with van der Waals surface area (Å²) in [6, 6.07) is 15.3. The normalized spacial score (nSPS) is 10.1. The summed E-state index contributed by atoms with van der Waals surface area (Å²) in [4.78, 5) is 13.0. The Morgan fingerprint density at radius 1 is 0.857 bits per heavy atom. The molecule has 0 aliphatic carbocycles. The molecule has 0 saturated heterocycles. The van der Waals surface area contributed by atoms with Gasteiger partial charge in [0.25, 0.3) is 0 Å². The van der Waals surface area contributed by atoms with Gasteiger partial charge in [-0.2, -0.15) is 5.26 Å². The first-order valence-electron chi connectivity index (χ1n) is 6.53. The third-order valence-corrected chi connectivity index (χ3v) is 3.12. The van der Waals surface area contributed by atoms with Crippen molar-refractivity contribution in [3.8, 4) is 28.6 Å². The lowest BCUT2D eigenvalue weighted by Crippen LogP contribution is -1.94. The minimum absolute atomic E-state index is 0.638. The van der Waals surface area contributed by atoms with Gasteiger partial charge in [-0.05, 0) is 37.3 Å². The van der Waals surface area contributed by atoms with Crippen LogP contribution in [-0.2, 0) is 0 Å². The Hall–Kier alpha value is -3.06. The largest absolute Gasteiger partial charge is 0.265 e. The molecule has 0 N–H and O–H groups in total. The molecule has 0 aliphatic heterocycles. The van der Waals surface area contributed by atoms with E-state index in [-0.39, 0.29) is 0 Å². The second kappa shape index (κ2) is 5.51. The Labute approximate surface area is 122 Å². The van der Waals surface area contributed by atoms with Crippen molar-refractivity contribution >= 4 is 0 Å². The molecule has 0 bridgehead atoms. The maximum atomic E-state index is 8.85. The number of aryl methyl sites for hydroxylation is 1. The van der Waals surface area contributed by atoms with Crippen molar-refractivity contribution in [3.63, 3.8) is 0 Å². The molecule has 0 saturated carbocycles. The topological polar surface area (TPSA) is 62.5 Å². The summed E-state index contributed by atoms with van der Waals surface area (Å²) < 4.78 is 0. The van der Waals surface area contributed by atoms with E-state index in [0.717, 1.165) is 22.5 Å². The maximum absolute atomic E-state index is 8.85. The monoisotopic (exact) mass is 272 g/mol. The van der Waals surface area contributed by atoms with Gasteiger partial charge in [0.1, 0.15) is 5.82 Å². The van der Waals surface area contributed by atoms with E-state index in [4.69, 9.17) is 5.26 Å². The van der Waals surface area contributed by atoms with Gasteiger partial charge in [-0.15, -0.1) is 0 Å². The van der Waals surface area contributed by atoms with Gasteiger partial charge in [-0.1, -0.05) is 12.1 Å². The number of nitriles is 1. The zero-order chi connectivity index (χ0) is 14.7. The summed E-state index contributed by atoms with van der Waals surface area (Å²) in [5.41, 5.74) is 4.32. The average molecular weight is 272 g/mol. The lowest BCUT2D eigenvalue weighted by molar-refractivity contribution is 1.06. The van der Waals surface area contributed by atoms with Gasteiger partial charge in [0, 0.05) is 23.5 Å². The molecule has 0 fully saturated rings. The summed E-state index contributed by atoms with van der Waals surface area (Å²) in [6.45, 7) is 1.87. The second-order valence-electron chi connectivity index (χ2n) is 4.61. The van der Waals surface area contributed by atoms with Crippen molar-refractivity contribution in [2.75, 3.05) is 0 Å². The van der Waals surface area contributed by atoms with E-state index < -0.39 is 0 Å². The third-order valence-electron chi connectivity index (χ3n) is 3.12. The van der Waals surface area contributed by atoms with Gasteiger partial charge in [0.15, 0.2) is 0 Å². The van der Waals surface area contributed by atoms with Crippen molar-refractivity contribution in [1.82, 2.24) is 15.0 Å². The molecule has 0 amide bonds. The minimum atomic E-state index is 0.638. The van der Waals surface area contributed by atoms with Crippen LogP contribution in [0.25, 0.3) is 22.5 Å². The molecule has 0 aliphatic rings. The van der Waals surface area contributed by atoms with Gasteiger partial charge in [0.05, 0.1) is 23.0 Å². The highest BCUT2D eigenvalue weighted by molar-refractivity contribution is 5.67. The van der Waals surface area contributed by atoms with Gasteiger partial charge >= 0.3 is 0 Å². The van der Waals surface area contributed by atoms with E-state index in [0.29, 0.717) is 11.4 Å². The second-order valence-corrected chi connectivity index (χ2v) is 4.61. The molecular formula is C17H12N4. The fraction of sp³-hybridized carbons (Fsp3) is 0.0588. The van der Waals surface area contributed by atoms with Crippen LogP contribution in [0.1, 0.15) is 11.4 Å². The fourth-order valence-corrected chi connectivity index (χ4v) is 2.10. The van der Waals surface area contributed by atoms with Crippen LogP contribution >= 0.6 is 0 Å². The average Bonchev–Trinajstić information content (AvgIpc) is 2.55. The summed E-state index contributed by atoms with van der Waals surface area (Å²) in [6.07, 6.45) is 3.49. The van der Waals surface area contributed by atoms with Gasteiger partial charge in [-0.25, -0.2) is 9.97 Å². The predicted molar refractivity (Wildman–Crippen MR) is 80.2 cm³/mol. The molecule has 0 radical (unpaired) electrons. The number of benzene rings is 1. The molecule has 21 heavy (non-hydrogen) atoms. The molecule has 0 atom stereocenters. The van der Waals surface area contributed by atoms with E-state index in [9.17, 15) is 0 Å². The number of rotatable bonds is 2. The quantitative estimate of drug-likeness (QED) is 0.717. The fourth-order valence-electron chi connectivity index (χ4n) is 2.10. The van der Waals surface area contributed by atoms with Gasteiger partial charge in [0.2, 0.25) is 0 Å². The molecule has 1 aromatic carbocycles. The SMILES string of the molecule is Cc1nc(-c2ccncc2)cc(-c2ccc(C#N)cc2)n1. The van der Waals surface area contributed by atoms with E-state index in [1.807, 2.05) is 37.3 Å². The van der Waals surface area contributed by atoms with Crippen LogP contribution in [0.15, 0.2) is 54.9 Å². The van der Waals surface area contributed by atoms with Crippen LogP contribution in [0, 0.1) is 18.3 Å². The van der Waals surface area contributed by atoms with Crippen LogP contribution in [0.5, 0.6) is 0 Å². The van der Waals surface area contributed by atoms with Crippen LogP contribution in [0.2, 0.25) is 0 Å². The molecule has 4 nitrogen and oxygen atoms in total. The van der Waals surface area contributed by atoms with Gasteiger partial charge in [-0.3, -0.25) is 4.98 Å². The lowest BCUT2D eigenvalue weighted by Gasteiger charge is -2.06. The first-order chi connectivity index (χ1) is 10.3. The first-order valence-corrected chi connectivity index (χ1v) is 6.53. The molecule has 0 unspecified atom stereocenters. The van der Waals surface area contributed by atoms with E-state index in [2.05, 4.69) is 21.0 Å². The highest BCUT2D eigenvalue weighted by atomic mass is 14.9. The minimum Gasteiger partial charge on any atom is -0.265 e. The van der Waals surface area contributed by atoms with Crippen molar-refractivity contribution < 1.29 is 0 Å². The molecule has 3 aromatic rings. The Morgan fingerprint density at radius 2 is 1.43 bits per heavy atom. The first kappa shape index (κ1) is 12.9. The van der Waals surface area contributed by atoms with Gasteiger partial charge < -0.3 is 0 Å². The molecule has 4 heteroatoms. The Bertz CT molecular complexity index is 802. The summed E-state index contributed by atoms with van der Waals surface area (Å²) in [5.74, 6) is 0.712. The summed E-state index contributed by atoms with van der Waals surface area (Å²) >= 11 is 0. The number of nitrogens with zero attached hydrogens (tertiary/aromatic N) is 4. The zero-order valence-electron chi connectivity index (χ0n) is 11.5. The van der Waals surface area contributed by atoms with E-state index >= 15 is 0 Å². The number of pyridine rings is 1. The van der Waals surface area contributed by atoms with Crippen molar-refractivity contribution in [3.05, 3.63) is 66.2 Å². The van der Waals surface area contributed by atoms with E-state index in [1.54, 1.807) is 24.5 Å². The Kier molecular flexibility index (Phi) is 3.40. The highest BCUT2D eigenvalue weighted by Gasteiger charge is 2.06. The predicted octanol–water partition coefficient (Wildman–Crippen LogP) is 3.39. The summed E-state index contributed by atoms with van der Waals surface area (Å²) in [5, 5.41) is 8.85. The Balaban J connectivity index is 2.07. The molecule has 2 heterocycles. The van der Waals surface area contributed by atoms with Crippen molar-refractivity contribution in [1.29, 1.82) is 5.26 Å². The number of hydrogen-bond donors (Lipinski definition) is 0.